The van der Waals surface area contributed by atoms with Crippen molar-refractivity contribution in [1.29, 1.82) is 5.26 Å². The van der Waals surface area contributed by atoms with E-state index in [9.17, 15) is 14.4 Å². The summed E-state index contributed by atoms with van der Waals surface area (Å²) >= 11 is 1.39. The number of nitrogens with one attached hydrogen (secondary N) is 2. The highest BCUT2D eigenvalue weighted by Gasteiger charge is 2.43. The molecule has 0 unspecified atom stereocenters. The van der Waals surface area contributed by atoms with E-state index in [0.29, 0.717) is 17.0 Å². The van der Waals surface area contributed by atoms with Gasteiger partial charge in [-0.2, -0.15) is 5.26 Å². The van der Waals surface area contributed by atoms with Crippen molar-refractivity contribution >= 4 is 34.2 Å². The van der Waals surface area contributed by atoms with Crippen LogP contribution in [0.2, 0.25) is 0 Å². The van der Waals surface area contributed by atoms with E-state index < -0.39 is 11.6 Å². The first-order chi connectivity index (χ1) is 11.3. The van der Waals surface area contributed by atoms with E-state index in [4.69, 9.17) is 5.26 Å². The first-order valence-electron chi connectivity index (χ1n) is 7.75. The van der Waals surface area contributed by atoms with Gasteiger partial charge in [0.15, 0.2) is 0 Å². The number of aryl methyl sites for hydroxylation is 1. The van der Waals surface area contributed by atoms with Gasteiger partial charge in [0.2, 0.25) is 5.91 Å². The van der Waals surface area contributed by atoms with Crippen molar-refractivity contribution in [2.45, 2.75) is 45.6 Å². The van der Waals surface area contributed by atoms with Crippen LogP contribution in [-0.2, 0) is 16.0 Å². The fraction of sp³-hybridized carbons (Fsp3) is 0.500. The minimum atomic E-state index is -0.894. The van der Waals surface area contributed by atoms with Gasteiger partial charge >= 0.3 is 6.03 Å². The fourth-order valence-electron chi connectivity index (χ4n) is 2.40. The number of carbonyl (C=O) groups excluding carboxylic acids is 3. The van der Waals surface area contributed by atoms with Crippen molar-refractivity contribution < 1.29 is 14.4 Å². The first-order valence-corrected chi connectivity index (χ1v) is 8.57. The molecule has 2 heterocycles. The van der Waals surface area contributed by atoms with Gasteiger partial charge in [0.05, 0.1) is 5.56 Å². The van der Waals surface area contributed by atoms with Gasteiger partial charge in [0.25, 0.3) is 5.91 Å². The summed E-state index contributed by atoms with van der Waals surface area (Å²) in [5, 5.41) is 15.0. The third kappa shape index (κ3) is 3.74. The molecule has 0 saturated carbocycles. The number of nitriles is 1. The molecule has 24 heavy (non-hydrogen) atoms. The van der Waals surface area contributed by atoms with Gasteiger partial charge in [-0.1, -0.05) is 6.92 Å². The van der Waals surface area contributed by atoms with Gasteiger partial charge < -0.3 is 10.6 Å². The largest absolute Gasteiger partial charge is 0.325 e. The molecule has 0 aliphatic carbocycles. The number of nitrogens with zero attached hydrogens (tertiary/aromatic N) is 2. The highest BCUT2D eigenvalue weighted by molar-refractivity contribution is 7.16. The number of urea groups is 1. The lowest BCUT2D eigenvalue weighted by Gasteiger charge is -2.15. The van der Waals surface area contributed by atoms with Crippen LogP contribution in [0.5, 0.6) is 0 Å². The normalized spacial score (nSPS) is 16.0. The number of rotatable bonds is 6. The summed E-state index contributed by atoms with van der Waals surface area (Å²) in [6.45, 7) is 5.46. The summed E-state index contributed by atoms with van der Waals surface area (Å²) in [5.41, 5.74) is -0.435. The zero-order chi connectivity index (χ0) is 17.9. The van der Waals surface area contributed by atoms with E-state index in [-0.39, 0.29) is 24.8 Å². The molecule has 4 amide bonds. The number of thiophene rings is 1. The van der Waals surface area contributed by atoms with Crippen molar-refractivity contribution in [2.24, 2.45) is 0 Å². The molecule has 8 heteroatoms. The maximum Gasteiger partial charge on any atom is 0.325 e. The molecule has 1 saturated heterocycles. The maximum absolute atomic E-state index is 12.0. The zero-order valence-electron chi connectivity index (χ0n) is 13.9. The van der Waals surface area contributed by atoms with Gasteiger partial charge in [0.1, 0.15) is 16.6 Å². The molecule has 1 aliphatic rings. The molecular formula is C16H20N4O3S. The van der Waals surface area contributed by atoms with E-state index in [2.05, 4.69) is 16.7 Å². The molecule has 0 spiro atoms. The second-order valence-corrected chi connectivity index (χ2v) is 7.22. The highest BCUT2D eigenvalue weighted by atomic mass is 32.1. The third-order valence-electron chi connectivity index (χ3n) is 3.73. The first kappa shape index (κ1) is 17.9. The number of anilines is 1. The predicted molar refractivity (Wildman–Crippen MR) is 90.6 cm³/mol. The lowest BCUT2D eigenvalue weighted by Crippen LogP contribution is -2.40. The van der Waals surface area contributed by atoms with Gasteiger partial charge in [-0.15, -0.1) is 11.3 Å². The molecule has 0 atom stereocenters. The highest BCUT2D eigenvalue weighted by Crippen LogP contribution is 2.28. The van der Waals surface area contributed by atoms with Crippen LogP contribution in [0.1, 0.15) is 44.1 Å². The smallest absolute Gasteiger partial charge is 0.324 e. The molecule has 1 aliphatic heterocycles. The molecule has 1 aromatic heterocycles. The van der Waals surface area contributed by atoms with Crippen LogP contribution in [0.4, 0.5) is 9.80 Å². The van der Waals surface area contributed by atoms with Crippen LogP contribution in [0.25, 0.3) is 0 Å². The van der Waals surface area contributed by atoms with Crippen LogP contribution in [0, 0.1) is 11.3 Å². The Morgan fingerprint density at radius 1 is 1.46 bits per heavy atom. The number of imide groups is 1. The number of amides is 4. The van der Waals surface area contributed by atoms with Crippen molar-refractivity contribution in [3.63, 3.8) is 0 Å². The Morgan fingerprint density at radius 2 is 2.17 bits per heavy atom. The molecule has 0 radical (unpaired) electrons. The molecule has 1 fully saturated rings. The van der Waals surface area contributed by atoms with Crippen LogP contribution in [0.3, 0.4) is 0 Å². The Hall–Kier alpha value is -2.40. The van der Waals surface area contributed by atoms with Crippen LogP contribution < -0.4 is 10.6 Å². The van der Waals surface area contributed by atoms with Crippen molar-refractivity contribution in [2.75, 3.05) is 11.9 Å². The fourth-order valence-corrected chi connectivity index (χ4v) is 3.36. The van der Waals surface area contributed by atoms with Crippen LogP contribution in [-0.4, -0.2) is 34.8 Å². The molecule has 128 valence electrons. The summed E-state index contributed by atoms with van der Waals surface area (Å²) in [5.74, 6) is -0.521. The Kier molecular flexibility index (Phi) is 5.24. The lowest BCUT2D eigenvalue weighted by atomic mass is 10.1. The minimum absolute atomic E-state index is 0.168. The second-order valence-electron chi connectivity index (χ2n) is 6.08. The summed E-state index contributed by atoms with van der Waals surface area (Å²) in [7, 11) is 0. The minimum Gasteiger partial charge on any atom is -0.324 e. The summed E-state index contributed by atoms with van der Waals surface area (Å²) in [6.07, 6.45) is 1.34. The topological polar surface area (TPSA) is 102 Å². The van der Waals surface area contributed by atoms with Gasteiger partial charge in [-0.25, -0.2) is 4.79 Å². The summed E-state index contributed by atoms with van der Waals surface area (Å²) in [6, 6.07) is 3.41. The van der Waals surface area contributed by atoms with Crippen LogP contribution >= 0.6 is 11.3 Å². The monoisotopic (exact) mass is 348 g/mol. The van der Waals surface area contributed by atoms with E-state index in [1.807, 2.05) is 6.92 Å². The lowest BCUT2D eigenvalue weighted by molar-refractivity contribution is -0.130. The van der Waals surface area contributed by atoms with E-state index in [1.54, 1.807) is 19.9 Å². The number of carbonyl (C=O) groups is 3. The van der Waals surface area contributed by atoms with Gasteiger partial charge in [-0.05, 0) is 32.8 Å². The van der Waals surface area contributed by atoms with E-state index in [1.165, 1.54) is 11.3 Å². The van der Waals surface area contributed by atoms with Gasteiger partial charge in [0, 0.05) is 17.8 Å². The molecule has 0 bridgehead atoms. The summed E-state index contributed by atoms with van der Waals surface area (Å²) in [4.78, 5) is 38.0. The second kappa shape index (κ2) is 7.01. The number of hydrogen-bond acceptors (Lipinski definition) is 5. The maximum atomic E-state index is 12.0. The summed E-state index contributed by atoms with van der Waals surface area (Å²) < 4.78 is 0. The van der Waals surface area contributed by atoms with Crippen molar-refractivity contribution in [1.82, 2.24) is 10.2 Å². The standard InChI is InChI=1S/C16H20N4O3S/c1-4-11-8-10(9-17)13(24-11)18-12(21)6-5-7-20-14(22)16(2,3)19-15(20)23/h8H,4-7H2,1-3H3,(H,18,21)(H,19,23). The molecule has 0 aromatic carbocycles. The van der Waals surface area contributed by atoms with Crippen LogP contribution in [0.15, 0.2) is 6.07 Å². The van der Waals surface area contributed by atoms with E-state index in [0.717, 1.165) is 16.2 Å². The number of hydrogen-bond donors (Lipinski definition) is 2. The molecule has 7 nitrogen and oxygen atoms in total. The van der Waals surface area contributed by atoms with E-state index >= 15 is 0 Å². The Morgan fingerprint density at radius 3 is 2.71 bits per heavy atom. The van der Waals surface area contributed by atoms with Gasteiger partial charge in [-0.3, -0.25) is 14.5 Å². The Bertz CT molecular complexity index is 717. The molecule has 2 N–H and O–H groups in total. The Balaban J connectivity index is 1.86. The average molecular weight is 348 g/mol. The predicted octanol–water partition coefficient (Wildman–Crippen LogP) is 2.23. The SMILES string of the molecule is CCc1cc(C#N)c(NC(=O)CCCN2C(=O)NC(C)(C)C2=O)s1. The molecule has 2 rings (SSSR count). The molecule has 1 aromatic rings. The third-order valence-corrected chi connectivity index (χ3v) is 4.93. The zero-order valence-corrected chi connectivity index (χ0v) is 14.7. The Labute approximate surface area is 144 Å². The van der Waals surface area contributed by atoms with Crippen molar-refractivity contribution in [3.8, 4) is 6.07 Å². The average Bonchev–Trinajstić information content (AvgIpc) is 3.00. The molecular weight excluding hydrogens is 328 g/mol. The van der Waals surface area contributed by atoms with Crippen molar-refractivity contribution in [3.05, 3.63) is 16.5 Å². The quantitative estimate of drug-likeness (QED) is 0.770.